The van der Waals surface area contributed by atoms with E-state index in [9.17, 15) is 27.5 Å². The second kappa shape index (κ2) is 9.00. The summed E-state index contributed by atoms with van der Waals surface area (Å²) in [6, 6.07) is 1.84. The molecule has 2 aromatic rings. The lowest BCUT2D eigenvalue weighted by molar-refractivity contribution is -0.182. The van der Waals surface area contributed by atoms with Gasteiger partial charge in [-0.3, -0.25) is 4.79 Å². The molecule has 3 heterocycles. The number of aromatic nitrogens is 3. The number of halogens is 4. The largest absolute Gasteiger partial charge is 0.481 e. The molecule has 4 rings (SSSR count). The van der Waals surface area contributed by atoms with Gasteiger partial charge in [-0.1, -0.05) is 13.8 Å². The highest BCUT2D eigenvalue weighted by atomic mass is 19.4. The topological polar surface area (TPSA) is 70.7 Å². The SMILES string of the molecule is Cc1nc2cc([C@H]3CC[C@H](C(F)(F)F)CC3)nn2c(N2CCC[C@](CF)(C(=O)O)C2)c1C(C)C. The Morgan fingerprint density at radius 3 is 2.50 bits per heavy atom. The number of nitrogens with zero attached hydrogens (tertiary/aromatic N) is 4. The highest BCUT2D eigenvalue weighted by molar-refractivity contribution is 5.76. The summed E-state index contributed by atoms with van der Waals surface area (Å²) in [6.45, 7) is 5.58. The minimum absolute atomic E-state index is 0.0307. The van der Waals surface area contributed by atoms with E-state index in [1.54, 1.807) is 4.52 Å². The molecular weight excluding hydrogens is 452 g/mol. The summed E-state index contributed by atoms with van der Waals surface area (Å²) in [5.74, 6) is -1.71. The Bertz CT molecular complexity index is 1060. The molecule has 0 amide bonds. The molecule has 0 aromatic carbocycles. The van der Waals surface area contributed by atoms with Crippen LogP contribution in [0.1, 0.15) is 81.2 Å². The fourth-order valence-corrected chi connectivity index (χ4v) is 5.68. The Morgan fingerprint density at radius 1 is 1.26 bits per heavy atom. The Labute approximate surface area is 196 Å². The maximum absolute atomic E-state index is 14.0. The third-order valence-electron chi connectivity index (χ3n) is 7.59. The summed E-state index contributed by atoms with van der Waals surface area (Å²) >= 11 is 0. The predicted octanol–water partition coefficient (Wildman–Crippen LogP) is 5.64. The molecule has 188 valence electrons. The molecule has 2 fully saturated rings. The summed E-state index contributed by atoms with van der Waals surface area (Å²) in [6.07, 6.45) is -2.37. The molecule has 1 aliphatic carbocycles. The van der Waals surface area contributed by atoms with Crippen molar-refractivity contribution in [1.82, 2.24) is 14.6 Å². The minimum atomic E-state index is -4.16. The van der Waals surface area contributed by atoms with Crippen molar-refractivity contribution >= 4 is 17.4 Å². The molecule has 1 saturated heterocycles. The maximum atomic E-state index is 14.0. The second-order valence-corrected chi connectivity index (χ2v) is 10.3. The first-order valence-corrected chi connectivity index (χ1v) is 12.0. The van der Waals surface area contributed by atoms with Crippen LogP contribution in [0.15, 0.2) is 6.07 Å². The van der Waals surface area contributed by atoms with Crippen LogP contribution in [-0.2, 0) is 4.79 Å². The summed E-state index contributed by atoms with van der Waals surface area (Å²) in [5.41, 5.74) is 1.53. The van der Waals surface area contributed by atoms with Crippen LogP contribution >= 0.6 is 0 Å². The van der Waals surface area contributed by atoms with Crippen molar-refractivity contribution in [1.29, 1.82) is 0 Å². The van der Waals surface area contributed by atoms with E-state index in [4.69, 9.17) is 10.1 Å². The quantitative estimate of drug-likeness (QED) is 0.557. The third-order valence-corrected chi connectivity index (χ3v) is 7.59. The van der Waals surface area contributed by atoms with Gasteiger partial charge in [0.15, 0.2) is 5.65 Å². The van der Waals surface area contributed by atoms with Crippen LogP contribution in [0.2, 0.25) is 0 Å². The van der Waals surface area contributed by atoms with E-state index >= 15 is 0 Å². The van der Waals surface area contributed by atoms with Crippen molar-refractivity contribution in [2.45, 2.75) is 77.3 Å². The average Bonchev–Trinajstić information content (AvgIpc) is 3.20. The summed E-state index contributed by atoms with van der Waals surface area (Å²) in [4.78, 5) is 18.6. The van der Waals surface area contributed by atoms with Crippen molar-refractivity contribution in [3.63, 3.8) is 0 Å². The number of aliphatic carboxylic acids is 1. The minimum Gasteiger partial charge on any atom is -0.481 e. The summed E-state index contributed by atoms with van der Waals surface area (Å²) in [7, 11) is 0. The zero-order chi connectivity index (χ0) is 24.8. The lowest BCUT2D eigenvalue weighted by Crippen LogP contribution is -2.50. The molecule has 1 saturated carbocycles. The normalized spacial score (nSPS) is 26.4. The molecule has 0 bridgehead atoms. The molecule has 1 N–H and O–H groups in total. The van der Waals surface area contributed by atoms with Gasteiger partial charge in [-0.25, -0.2) is 9.37 Å². The Morgan fingerprint density at radius 2 is 1.94 bits per heavy atom. The number of carboxylic acid groups (broad SMARTS) is 1. The average molecular weight is 485 g/mol. The number of anilines is 1. The van der Waals surface area contributed by atoms with Gasteiger partial charge in [-0.05, 0) is 51.4 Å². The summed E-state index contributed by atoms with van der Waals surface area (Å²) in [5, 5.41) is 14.6. The number of rotatable bonds is 5. The second-order valence-electron chi connectivity index (χ2n) is 10.3. The van der Waals surface area contributed by atoms with Crippen LogP contribution in [0.3, 0.4) is 0 Å². The van der Waals surface area contributed by atoms with E-state index in [1.165, 1.54) is 0 Å². The lowest BCUT2D eigenvalue weighted by atomic mass is 9.80. The number of aryl methyl sites for hydroxylation is 1. The number of carboxylic acids is 1. The van der Waals surface area contributed by atoms with Crippen molar-refractivity contribution in [3.05, 3.63) is 23.0 Å². The first-order valence-electron chi connectivity index (χ1n) is 12.0. The van der Waals surface area contributed by atoms with Gasteiger partial charge in [0, 0.05) is 36.3 Å². The smallest absolute Gasteiger partial charge is 0.391 e. The molecule has 2 aromatic heterocycles. The fraction of sp³-hybridized carbons (Fsp3) is 0.708. The van der Waals surface area contributed by atoms with Crippen molar-refractivity contribution < 1.29 is 27.5 Å². The lowest BCUT2D eigenvalue weighted by Gasteiger charge is -2.40. The highest BCUT2D eigenvalue weighted by Crippen LogP contribution is 2.43. The van der Waals surface area contributed by atoms with Gasteiger partial charge in [-0.2, -0.15) is 22.8 Å². The number of piperidine rings is 1. The third kappa shape index (κ3) is 4.35. The predicted molar refractivity (Wildman–Crippen MR) is 120 cm³/mol. The molecular formula is C24H32F4N4O2. The maximum Gasteiger partial charge on any atom is 0.391 e. The Kier molecular flexibility index (Phi) is 6.54. The molecule has 1 atom stereocenters. The van der Waals surface area contributed by atoms with Gasteiger partial charge in [0.05, 0.1) is 11.6 Å². The van der Waals surface area contributed by atoms with Gasteiger partial charge in [0.1, 0.15) is 17.9 Å². The van der Waals surface area contributed by atoms with E-state index in [-0.39, 0.29) is 37.6 Å². The number of alkyl halides is 4. The molecule has 0 spiro atoms. The van der Waals surface area contributed by atoms with Crippen molar-refractivity contribution in [3.8, 4) is 0 Å². The Balaban J connectivity index is 1.74. The van der Waals surface area contributed by atoms with Gasteiger partial charge < -0.3 is 10.0 Å². The van der Waals surface area contributed by atoms with E-state index in [0.29, 0.717) is 43.0 Å². The van der Waals surface area contributed by atoms with Crippen LogP contribution in [0.25, 0.3) is 5.65 Å². The van der Waals surface area contributed by atoms with E-state index < -0.39 is 30.2 Å². The van der Waals surface area contributed by atoms with Crippen LogP contribution in [0, 0.1) is 18.3 Å². The standard InChI is InChI=1S/C24H32F4N4O2/c1-14(2)20-15(3)29-19-11-18(16-5-7-17(8-6-16)24(26,27)28)30-32(19)21(20)31-10-4-9-23(12-25,13-31)22(33)34/h11,14,16-17H,4-10,12-13H2,1-3H3,(H,33,34)/t16-,17-,23-/m1/s1. The molecule has 10 heteroatoms. The van der Waals surface area contributed by atoms with Crippen LogP contribution in [0.5, 0.6) is 0 Å². The van der Waals surface area contributed by atoms with E-state index in [0.717, 1.165) is 11.3 Å². The molecule has 1 aliphatic heterocycles. The number of fused-ring (bicyclic) bond motifs is 1. The van der Waals surface area contributed by atoms with Crippen molar-refractivity contribution in [2.24, 2.45) is 11.3 Å². The van der Waals surface area contributed by atoms with Crippen LogP contribution < -0.4 is 4.90 Å². The number of carbonyl (C=O) groups is 1. The van der Waals surface area contributed by atoms with Crippen LogP contribution in [-0.4, -0.2) is 51.6 Å². The summed E-state index contributed by atoms with van der Waals surface area (Å²) < 4.78 is 55.0. The number of hydrogen-bond acceptors (Lipinski definition) is 4. The first-order chi connectivity index (χ1) is 16.0. The monoisotopic (exact) mass is 484 g/mol. The van der Waals surface area contributed by atoms with E-state index in [2.05, 4.69) is 0 Å². The molecule has 34 heavy (non-hydrogen) atoms. The van der Waals surface area contributed by atoms with Crippen LogP contribution in [0.4, 0.5) is 23.4 Å². The molecule has 0 unspecified atom stereocenters. The van der Waals surface area contributed by atoms with Gasteiger partial charge in [0.2, 0.25) is 0 Å². The zero-order valence-electron chi connectivity index (χ0n) is 19.8. The fourth-order valence-electron chi connectivity index (χ4n) is 5.68. The van der Waals surface area contributed by atoms with E-state index in [1.807, 2.05) is 31.7 Å². The number of hydrogen-bond donors (Lipinski definition) is 1. The van der Waals surface area contributed by atoms with Gasteiger partial charge >= 0.3 is 12.1 Å². The molecule has 6 nitrogen and oxygen atoms in total. The van der Waals surface area contributed by atoms with Gasteiger partial charge in [-0.15, -0.1) is 0 Å². The molecule has 2 aliphatic rings. The van der Waals surface area contributed by atoms with Gasteiger partial charge in [0.25, 0.3) is 0 Å². The zero-order valence-corrected chi connectivity index (χ0v) is 19.8. The molecule has 0 radical (unpaired) electrons. The highest BCUT2D eigenvalue weighted by Gasteiger charge is 2.44. The van der Waals surface area contributed by atoms with Crippen molar-refractivity contribution in [2.75, 3.05) is 24.7 Å². The first kappa shape index (κ1) is 24.7. The Hall–Kier alpha value is -2.39.